The van der Waals surface area contributed by atoms with Crippen LogP contribution in [-0.2, 0) is 0 Å². The highest BCUT2D eigenvalue weighted by molar-refractivity contribution is 5.17. The van der Waals surface area contributed by atoms with Crippen LogP contribution >= 0.6 is 0 Å². The van der Waals surface area contributed by atoms with E-state index in [2.05, 4.69) is 30.2 Å². The molecule has 18 atom stereocenters. The molecule has 10 saturated carbocycles. The van der Waals surface area contributed by atoms with Crippen LogP contribution in [0.3, 0.4) is 0 Å². The van der Waals surface area contributed by atoms with Crippen molar-refractivity contribution in [2.75, 3.05) is 0 Å². The summed E-state index contributed by atoms with van der Waals surface area (Å²) in [7, 11) is 0. The zero-order valence-corrected chi connectivity index (χ0v) is 44.7. The number of nitrogens with zero attached hydrogens (tertiary/aromatic N) is 4. The van der Waals surface area contributed by atoms with Gasteiger partial charge in [0.1, 0.15) is 12.6 Å². The Morgan fingerprint density at radius 1 is 0.214 bits per heavy atom. The lowest BCUT2D eigenvalue weighted by Crippen LogP contribution is -2.79. The van der Waals surface area contributed by atoms with Crippen molar-refractivity contribution in [3.05, 3.63) is 0 Å². The first kappa shape index (κ1) is 47.0. The zero-order valence-electron chi connectivity index (χ0n) is 44.7. The minimum Gasteiger partial charge on any atom is -0.294 e. The fourth-order valence-corrected chi connectivity index (χ4v) is 24.1. The first-order valence-electron chi connectivity index (χ1n) is 33.1. The van der Waals surface area contributed by atoms with E-state index in [1.165, 1.54) is 225 Å². The van der Waals surface area contributed by atoms with Crippen molar-refractivity contribution < 1.29 is 0 Å². The largest absolute Gasteiger partial charge is 0.294 e. The minimum absolute atomic E-state index is 0.307. The first-order chi connectivity index (χ1) is 34.7. The Bertz CT molecular complexity index is 1660. The van der Waals surface area contributed by atoms with Gasteiger partial charge in [-0.05, 0) is 194 Å². The molecule has 5 heterocycles. The van der Waals surface area contributed by atoms with E-state index < -0.39 is 0 Å². The molecule has 0 aromatic rings. The van der Waals surface area contributed by atoms with Crippen LogP contribution in [-0.4, -0.2) is 98.8 Å². The first-order valence-corrected chi connectivity index (χ1v) is 33.1. The van der Waals surface area contributed by atoms with E-state index in [0.29, 0.717) is 18.7 Å². The molecule has 0 amide bonds. The number of hydrogen-bond donors (Lipinski definition) is 3. The third-order valence-corrected chi connectivity index (χ3v) is 26.6. The summed E-state index contributed by atoms with van der Waals surface area (Å²) in [5.41, 5.74) is 0. The van der Waals surface area contributed by atoms with Crippen LogP contribution in [0.1, 0.15) is 250 Å². The van der Waals surface area contributed by atoms with Crippen LogP contribution in [0.2, 0.25) is 0 Å². The molecule has 0 radical (unpaired) electrons. The molecule has 3 N–H and O–H groups in total. The second kappa shape index (κ2) is 19.9. The van der Waals surface area contributed by atoms with Crippen molar-refractivity contribution in [3.8, 4) is 0 Å². The third kappa shape index (κ3) is 8.03. The standard InChI is InChI=1S/C63H105N7/c1-4-18-40(19-5-1)41-32-34-42(35-33-41)61-64-62(69-55-30-16-12-26-47(55)51-36-49-45-24-10-14-28-53(45)67(57(49)38-59(51)69)43-20-6-2-7-21-43)66-63(65-61)70-56-31-17-13-27-48(56)52-37-50-46-25-11-15-29-54(46)68(58(50)39-60(52)70)44-22-8-3-9-23-44/h40-66H,1-39H2. The van der Waals surface area contributed by atoms with Gasteiger partial charge in [-0.25, -0.2) is 0 Å². The zero-order chi connectivity index (χ0) is 45.9. The van der Waals surface area contributed by atoms with Crippen molar-refractivity contribution in [1.29, 1.82) is 0 Å². The van der Waals surface area contributed by atoms with Gasteiger partial charge in [0, 0.05) is 60.4 Å². The van der Waals surface area contributed by atoms with Crippen LogP contribution in [0.15, 0.2) is 0 Å². The van der Waals surface area contributed by atoms with Crippen LogP contribution in [0.5, 0.6) is 0 Å². The van der Waals surface area contributed by atoms with Gasteiger partial charge in [0.05, 0.1) is 6.17 Å². The molecule has 5 saturated heterocycles. The highest BCUT2D eigenvalue weighted by Gasteiger charge is 2.64. The molecule has 15 aliphatic rings. The smallest absolute Gasteiger partial charge is 0.118 e. The number of fused-ring (bicyclic) bond motifs is 12. The monoisotopic (exact) mass is 960 g/mol. The lowest BCUT2D eigenvalue weighted by atomic mass is 9.65. The number of likely N-dealkylation sites (tertiary alicyclic amines) is 4. The van der Waals surface area contributed by atoms with Gasteiger partial charge in [0.15, 0.2) is 0 Å². The molecule has 0 aromatic carbocycles. The number of rotatable bonds is 6. The van der Waals surface area contributed by atoms with E-state index in [1.54, 1.807) is 25.7 Å². The van der Waals surface area contributed by atoms with Crippen LogP contribution in [0, 0.1) is 65.1 Å². The Morgan fingerprint density at radius 2 is 0.529 bits per heavy atom. The van der Waals surface area contributed by atoms with Gasteiger partial charge in [-0.15, -0.1) is 0 Å². The second-order valence-electron chi connectivity index (χ2n) is 29.2. The van der Waals surface area contributed by atoms with Crippen LogP contribution in [0.4, 0.5) is 0 Å². The number of nitrogens with one attached hydrogen (secondary N) is 3. The van der Waals surface area contributed by atoms with E-state index in [9.17, 15) is 0 Å². The molecule has 15 rings (SSSR count). The Labute approximate surface area is 428 Å². The second-order valence-corrected chi connectivity index (χ2v) is 29.2. The van der Waals surface area contributed by atoms with Gasteiger partial charge in [-0.1, -0.05) is 122 Å². The predicted octanol–water partition coefficient (Wildman–Crippen LogP) is 12.7. The van der Waals surface area contributed by atoms with E-state index in [0.717, 1.165) is 126 Å². The van der Waals surface area contributed by atoms with Crippen molar-refractivity contribution in [3.63, 3.8) is 0 Å². The fraction of sp³-hybridized carbons (Fsp3) is 1.00. The molecule has 7 heteroatoms. The minimum atomic E-state index is 0.307. The number of hydrogen-bond acceptors (Lipinski definition) is 7. The molecule has 0 bridgehead atoms. The predicted molar refractivity (Wildman–Crippen MR) is 284 cm³/mol. The molecule has 18 unspecified atom stereocenters. The fourth-order valence-electron chi connectivity index (χ4n) is 24.1. The van der Waals surface area contributed by atoms with Crippen molar-refractivity contribution in [2.24, 2.45) is 65.1 Å². The summed E-state index contributed by atoms with van der Waals surface area (Å²) in [5.74, 6) is 10.5. The summed E-state index contributed by atoms with van der Waals surface area (Å²) in [5, 5.41) is 14.1. The van der Waals surface area contributed by atoms with Gasteiger partial charge in [0.2, 0.25) is 0 Å². The van der Waals surface area contributed by atoms with E-state index >= 15 is 0 Å². The summed E-state index contributed by atoms with van der Waals surface area (Å²) in [6, 6.07) is 8.34. The average Bonchev–Trinajstić information content (AvgIpc) is 4.14. The van der Waals surface area contributed by atoms with E-state index in [4.69, 9.17) is 5.32 Å². The molecule has 15 fully saturated rings. The van der Waals surface area contributed by atoms with Crippen LogP contribution in [0.25, 0.3) is 0 Å². The topological polar surface area (TPSA) is 49.1 Å². The highest BCUT2D eigenvalue weighted by atomic mass is 15.6. The lowest BCUT2D eigenvalue weighted by molar-refractivity contribution is -0.0743. The van der Waals surface area contributed by atoms with Crippen LogP contribution < -0.4 is 16.0 Å². The summed E-state index contributed by atoms with van der Waals surface area (Å²) < 4.78 is 0. The molecule has 0 spiro atoms. The van der Waals surface area contributed by atoms with Crippen molar-refractivity contribution in [1.82, 2.24) is 35.6 Å². The van der Waals surface area contributed by atoms with Gasteiger partial charge < -0.3 is 0 Å². The Morgan fingerprint density at radius 3 is 0.943 bits per heavy atom. The van der Waals surface area contributed by atoms with Gasteiger partial charge in [0.25, 0.3) is 0 Å². The van der Waals surface area contributed by atoms with Gasteiger partial charge in [-0.2, -0.15) is 0 Å². The maximum absolute atomic E-state index is 4.77. The maximum Gasteiger partial charge on any atom is 0.118 e. The summed E-state index contributed by atoms with van der Waals surface area (Å²) >= 11 is 0. The molecule has 0 aromatic heterocycles. The highest BCUT2D eigenvalue weighted by Crippen LogP contribution is 2.61. The van der Waals surface area contributed by atoms with Gasteiger partial charge >= 0.3 is 0 Å². The normalized spacial score (nSPS) is 52.2. The average molecular weight is 961 g/mol. The quantitative estimate of drug-likeness (QED) is 0.245. The SMILES string of the molecule is C1CCC(C2CCC(C3NC(N4C5CCCCC5C5CC6C7CCCCC7N(C7CCCCC7)C6CC54)NC(N4C5CCCCC5C5CC6C7CCCCC7N(C7CCCCC7)C6CC54)N3)CC2)CC1. The molecule has 7 nitrogen and oxygen atoms in total. The summed E-state index contributed by atoms with van der Waals surface area (Å²) in [6.45, 7) is 0. The Hall–Kier alpha value is -0.280. The Balaban J connectivity index is 0.766. The van der Waals surface area contributed by atoms with E-state index in [-0.39, 0.29) is 0 Å². The third-order valence-electron chi connectivity index (χ3n) is 26.6. The molecular formula is C63H105N7. The lowest BCUT2D eigenvalue weighted by Gasteiger charge is -2.54. The molecule has 5 aliphatic heterocycles. The molecule has 392 valence electrons. The van der Waals surface area contributed by atoms with Gasteiger partial charge in [-0.3, -0.25) is 35.6 Å². The summed E-state index contributed by atoms with van der Waals surface area (Å²) in [4.78, 5) is 13.4. The van der Waals surface area contributed by atoms with Crippen molar-refractivity contribution in [2.45, 2.75) is 330 Å². The Kier molecular flexibility index (Phi) is 13.4. The molecule has 10 aliphatic carbocycles. The summed E-state index contributed by atoms with van der Waals surface area (Å²) in [6.07, 6.45) is 59.7. The molecular weight excluding hydrogens is 855 g/mol. The molecule has 70 heavy (non-hydrogen) atoms. The van der Waals surface area contributed by atoms with E-state index in [1.807, 2.05) is 0 Å². The van der Waals surface area contributed by atoms with Crippen molar-refractivity contribution >= 4 is 0 Å². The maximum atomic E-state index is 4.77.